The second-order valence-corrected chi connectivity index (χ2v) is 4.29. The van der Waals surface area contributed by atoms with Crippen LogP contribution in [0.2, 0.25) is 0 Å². The van der Waals surface area contributed by atoms with E-state index in [1.807, 2.05) is 0 Å². The summed E-state index contributed by atoms with van der Waals surface area (Å²) in [4.78, 5) is 11.4. The van der Waals surface area contributed by atoms with Crippen LogP contribution in [0.25, 0.3) is 0 Å². The van der Waals surface area contributed by atoms with Gasteiger partial charge in [-0.15, -0.1) is 0 Å². The molecule has 0 aliphatic heterocycles. The molecule has 0 radical (unpaired) electrons. The third-order valence-electron chi connectivity index (χ3n) is 2.27. The molecule has 0 fully saturated rings. The van der Waals surface area contributed by atoms with Gasteiger partial charge in [-0.05, 0) is 19.4 Å². The number of nitrogens with two attached hydrogens (primary N) is 2. The van der Waals surface area contributed by atoms with Gasteiger partial charge in [0.05, 0.1) is 6.04 Å². The summed E-state index contributed by atoms with van der Waals surface area (Å²) in [6, 6.07) is 0.118. The Morgan fingerprint density at radius 3 is 2.50 bits per heavy atom. The molecule has 16 heavy (non-hydrogen) atoms. The van der Waals surface area contributed by atoms with E-state index in [9.17, 15) is 4.79 Å². The maximum absolute atomic E-state index is 11.4. The fraction of sp³-hybridized carbons (Fsp3) is 0.909. The van der Waals surface area contributed by atoms with Gasteiger partial charge < -0.3 is 22.1 Å². The van der Waals surface area contributed by atoms with E-state index in [0.29, 0.717) is 19.1 Å². The van der Waals surface area contributed by atoms with Crippen molar-refractivity contribution in [3.8, 4) is 0 Å². The highest BCUT2D eigenvalue weighted by Crippen LogP contribution is 1.98. The first kappa shape index (κ1) is 15.3. The van der Waals surface area contributed by atoms with Crippen LogP contribution >= 0.6 is 0 Å². The summed E-state index contributed by atoms with van der Waals surface area (Å²) in [6.07, 6.45) is 2.75. The topological polar surface area (TPSA) is 93.2 Å². The Bertz CT molecular complexity index is 185. The van der Waals surface area contributed by atoms with Crippen LogP contribution in [0.4, 0.5) is 0 Å². The lowest BCUT2D eigenvalue weighted by molar-refractivity contribution is -0.122. The Morgan fingerprint density at radius 1 is 1.25 bits per heavy atom. The molecule has 0 spiro atoms. The lowest BCUT2D eigenvalue weighted by atomic mass is 10.1. The number of carbonyl (C=O) groups excluding carboxylic acids is 1. The molecule has 1 amide bonds. The largest absolute Gasteiger partial charge is 0.353 e. The van der Waals surface area contributed by atoms with Crippen LogP contribution in [0.3, 0.4) is 0 Å². The van der Waals surface area contributed by atoms with Crippen molar-refractivity contribution in [2.45, 2.75) is 45.2 Å². The predicted octanol–water partition coefficient (Wildman–Crippen LogP) is -0.443. The maximum atomic E-state index is 11.4. The Hall–Kier alpha value is -0.650. The van der Waals surface area contributed by atoms with Gasteiger partial charge in [0.15, 0.2) is 0 Å². The molecule has 0 rings (SSSR count). The number of amides is 1. The van der Waals surface area contributed by atoms with Gasteiger partial charge in [-0.3, -0.25) is 4.79 Å². The van der Waals surface area contributed by atoms with Crippen molar-refractivity contribution in [1.29, 1.82) is 0 Å². The van der Waals surface area contributed by atoms with Crippen LogP contribution in [0.15, 0.2) is 0 Å². The van der Waals surface area contributed by atoms with Gasteiger partial charge in [0, 0.05) is 19.1 Å². The summed E-state index contributed by atoms with van der Waals surface area (Å²) in [5.41, 5.74) is 11.0. The van der Waals surface area contributed by atoms with E-state index in [4.69, 9.17) is 11.5 Å². The minimum Gasteiger partial charge on any atom is -0.353 e. The molecule has 0 bridgehead atoms. The molecule has 6 N–H and O–H groups in total. The van der Waals surface area contributed by atoms with Crippen molar-refractivity contribution in [3.05, 3.63) is 0 Å². The number of nitrogens with one attached hydrogen (secondary N) is 2. The standard InChI is InChI=1S/C11H26N4O/c1-9(2)14-7-4-3-5-10(13)11(16)15-8-6-12/h9-10,14H,3-8,12-13H2,1-2H3,(H,15,16). The second kappa shape index (κ2) is 9.57. The number of carbonyl (C=O) groups is 1. The first-order valence-corrected chi connectivity index (χ1v) is 6.04. The van der Waals surface area contributed by atoms with Crippen molar-refractivity contribution >= 4 is 5.91 Å². The third kappa shape index (κ3) is 8.64. The molecule has 0 saturated heterocycles. The zero-order valence-corrected chi connectivity index (χ0v) is 10.5. The molecular formula is C11H26N4O. The molecule has 0 heterocycles. The number of hydrogen-bond donors (Lipinski definition) is 4. The minimum atomic E-state index is -0.398. The van der Waals surface area contributed by atoms with Gasteiger partial charge in [0.2, 0.25) is 5.91 Å². The lowest BCUT2D eigenvalue weighted by Crippen LogP contribution is -2.42. The van der Waals surface area contributed by atoms with E-state index in [0.717, 1.165) is 25.8 Å². The zero-order valence-electron chi connectivity index (χ0n) is 10.5. The molecule has 1 unspecified atom stereocenters. The predicted molar refractivity (Wildman–Crippen MR) is 67.0 cm³/mol. The van der Waals surface area contributed by atoms with Gasteiger partial charge in [-0.25, -0.2) is 0 Å². The minimum absolute atomic E-state index is 0.0951. The van der Waals surface area contributed by atoms with Gasteiger partial charge in [0.1, 0.15) is 0 Å². The molecule has 5 heteroatoms. The molecule has 0 aromatic carbocycles. The highest BCUT2D eigenvalue weighted by atomic mass is 16.2. The van der Waals surface area contributed by atoms with Crippen LogP contribution in [0.1, 0.15) is 33.1 Å². The first-order chi connectivity index (χ1) is 7.57. The molecule has 5 nitrogen and oxygen atoms in total. The monoisotopic (exact) mass is 230 g/mol. The normalized spacial score (nSPS) is 12.8. The highest BCUT2D eigenvalue weighted by Gasteiger charge is 2.11. The number of rotatable bonds is 9. The number of hydrogen-bond acceptors (Lipinski definition) is 4. The molecule has 0 aromatic rings. The van der Waals surface area contributed by atoms with Gasteiger partial charge in [-0.1, -0.05) is 20.3 Å². The average Bonchev–Trinajstić information content (AvgIpc) is 2.24. The SMILES string of the molecule is CC(C)NCCCCC(N)C(=O)NCCN. The molecule has 0 aliphatic carbocycles. The fourth-order valence-corrected chi connectivity index (χ4v) is 1.34. The second-order valence-electron chi connectivity index (χ2n) is 4.29. The van der Waals surface area contributed by atoms with E-state index in [1.54, 1.807) is 0 Å². The highest BCUT2D eigenvalue weighted by molar-refractivity contribution is 5.81. The Kier molecular flexibility index (Phi) is 9.18. The van der Waals surface area contributed by atoms with Crippen LogP contribution in [-0.4, -0.2) is 37.6 Å². The molecule has 0 aromatic heterocycles. The Labute approximate surface area is 98.3 Å². The molecule has 96 valence electrons. The van der Waals surface area contributed by atoms with Crippen molar-refractivity contribution in [2.75, 3.05) is 19.6 Å². The van der Waals surface area contributed by atoms with Gasteiger partial charge >= 0.3 is 0 Å². The summed E-state index contributed by atoms with van der Waals surface area (Å²) in [5.74, 6) is -0.0951. The summed E-state index contributed by atoms with van der Waals surface area (Å²) in [6.45, 7) is 6.17. The summed E-state index contributed by atoms with van der Waals surface area (Å²) >= 11 is 0. The lowest BCUT2D eigenvalue weighted by Gasteiger charge is -2.12. The van der Waals surface area contributed by atoms with Gasteiger partial charge in [0.25, 0.3) is 0 Å². The van der Waals surface area contributed by atoms with E-state index in [1.165, 1.54) is 0 Å². The van der Waals surface area contributed by atoms with E-state index in [-0.39, 0.29) is 5.91 Å². The van der Waals surface area contributed by atoms with Crippen molar-refractivity contribution in [1.82, 2.24) is 10.6 Å². The molecule has 0 saturated carbocycles. The van der Waals surface area contributed by atoms with Gasteiger partial charge in [-0.2, -0.15) is 0 Å². The zero-order chi connectivity index (χ0) is 12.4. The van der Waals surface area contributed by atoms with Crippen molar-refractivity contribution < 1.29 is 4.79 Å². The Morgan fingerprint density at radius 2 is 1.94 bits per heavy atom. The summed E-state index contributed by atoms with van der Waals surface area (Å²) in [5, 5.41) is 6.01. The smallest absolute Gasteiger partial charge is 0.236 e. The maximum Gasteiger partial charge on any atom is 0.236 e. The molecule has 0 aliphatic rings. The number of unbranched alkanes of at least 4 members (excludes halogenated alkanes) is 1. The van der Waals surface area contributed by atoms with E-state index in [2.05, 4.69) is 24.5 Å². The Balaban J connectivity index is 3.42. The third-order valence-corrected chi connectivity index (χ3v) is 2.27. The van der Waals surface area contributed by atoms with E-state index < -0.39 is 6.04 Å². The molecule has 1 atom stereocenters. The average molecular weight is 230 g/mol. The quantitative estimate of drug-likeness (QED) is 0.404. The first-order valence-electron chi connectivity index (χ1n) is 6.04. The summed E-state index contributed by atoms with van der Waals surface area (Å²) in [7, 11) is 0. The van der Waals surface area contributed by atoms with Crippen molar-refractivity contribution in [2.24, 2.45) is 11.5 Å². The summed E-state index contributed by atoms with van der Waals surface area (Å²) < 4.78 is 0. The van der Waals surface area contributed by atoms with Crippen LogP contribution in [-0.2, 0) is 4.79 Å². The fourth-order valence-electron chi connectivity index (χ4n) is 1.34. The van der Waals surface area contributed by atoms with Crippen molar-refractivity contribution in [3.63, 3.8) is 0 Å². The van der Waals surface area contributed by atoms with E-state index >= 15 is 0 Å². The van der Waals surface area contributed by atoms with Crippen LogP contribution in [0.5, 0.6) is 0 Å². The van der Waals surface area contributed by atoms with Crippen LogP contribution in [0, 0.1) is 0 Å². The molecular weight excluding hydrogens is 204 g/mol. The van der Waals surface area contributed by atoms with Crippen LogP contribution < -0.4 is 22.1 Å².